The second-order valence-electron chi connectivity index (χ2n) is 4.39. The molecule has 1 aromatic heterocycles. The van der Waals surface area contributed by atoms with Crippen molar-refractivity contribution in [3.63, 3.8) is 0 Å². The predicted octanol–water partition coefficient (Wildman–Crippen LogP) is 2.26. The Morgan fingerprint density at radius 1 is 1.30 bits per heavy atom. The molecule has 2 N–H and O–H groups in total. The maximum Gasteiger partial charge on any atom is 0.214 e. The fourth-order valence-electron chi connectivity index (χ4n) is 2.20. The highest BCUT2D eigenvalue weighted by atomic mass is 16.5. The molecule has 1 aromatic carbocycles. The Labute approximate surface area is 115 Å². The first-order chi connectivity index (χ1) is 9.70. The molecule has 3 rings (SSSR count). The molecule has 5 nitrogen and oxygen atoms in total. The van der Waals surface area contributed by atoms with E-state index in [1.54, 1.807) is 37.4 Å². The van der Waals surface area contributed by atoms with Crippen LogP contribution in [-0.4, -0.2) is 12.9 Å². The van der Waals surface area contributed by atoms with Crippen LogP contribution in [0.1, 0.15) is 17.2 Å². The summed E-state index contributed by atoms with van der Waals surface area (Å²) in [5.41, 5.74) is 7.55. The van der Waals surface area contributed by atoms with E-state index < -0.39 is 6.10 Å². The molecule has 2 aromatic rings. The van der Waals surface area contributed by atoms with Gasteiger partial charge in [0.15, 0.2) is 12.0 Å². The largest absolute Gasteiger partial charge is 0.497 e. The van der Waals surface area contributed by atoms with Gasteiger partial charge in [-0.2, -0.15) is 0 Å². The van der Waals surface area contributed by atoms with Crippen LogP contribution in [0.15, 0.2) is 53.2 Å². The molecule has 0 fully saturated rings. The Kier molecular flexibility index (Phi) is 2.95. The van der Waals surface area contributed by atoms with E-state index in [2.05, 4.69) is 0 Å². The zero-order valence-corrected chi connectivity index (χ0v) is 10.8. The first-order valence-electron chi connectivity index (χ1n) is 6.08. The minimum atomic E-state index is -0.741. The van der Waals surface area contributed by atoms with Crippen molar-refractivity contribution >= 4 is 11.4 Å². The van der Waals surface area contributed by atoms with Gasteiger partial charge in [0.2, 0.25) is 5.78 Å². The van der Waals surface area contributed by atoms with Gasteiger partial charge in [0, 0.05) is 5.56 Å². The molecule has 1 aliphatic rings. The van der Waals surface area contributed by atoms with Crippen LogP contribution in [0, 0.1) is 0 Å². The lowest BCUT2D eigenvalue weighted by Gasteiger charge is -2.06. The highest BCUT2D eigenvalue weighted by Gasteiger charge is 2.36. The molecule has 0 radical (unpaired) electrons. The Morgan fingerprint density at radius 2 is 2.15 bits per heavy atom. The monoisotopic (exact) mass is 271 g/mol. The lowest BCUT2D eigenvalue weighted by Crippen LogP contribution is -2.08. The Balaban J connectivity index is 1.97. The van der Waals surface area contributed by atoms with Crippen LogP contribution in [0.2, 0.25) is 0 Å². The van der Waals surface area contributed by atoms with Gasteiger partial charge in [0.1, 0.15) is 5.75 Å². The van der Waals surface area contributed by atoms with Crippen molar-refractivity contribution in [2.75, 3.05) is 7.11 Å². The van der Waals surface area contributed by atoms with Gasteiger partial charge in [0.05, 0.1) is 25.2 Å². The maximum atomic E-state index is 12.5. The number of methoxy groups -OCH3 is 1. The van der Waals surface area contributed by atoms with E-state index in [1.165, 1.54) is 12.5 Å². The van der Waals surface area contributed by atoms with Crippen LogP contribution in [0.3, 0.4) is 0 Å². The zero-order chi connectivity index (χ0) is 14.1. The predicted molar refractivity (Wildman–Crippen MR) is 71.6 cm³/mol. The topological polar surface area (TPSA) is 74.7 Å². The number of hydrogen-bond acceptors (Lipinski definition) is 5. The van der Waals surface area contributed by atoms with Crippen molar-refractivity contribution in [2.24, 2.45) is 5.73 Å². The van der Waals surface area contributed by atoms with Crippen molar-refractivity contribution in [3.8, 4) is 5.75 Å². The van der Waals surface area contributed by atoms with Gasteiger partial charge in [-0.25, -0.2) is 0 Å². The number of benzene rings is 1. The third kappa shape index (κ3) is 1.93. The fraction of sp³-hybridized carbons (Fsp3) is 0.133. The van der Waals surface area contributed by atoms with Gasteiger partial charge in [-0.05, 0) is 23.8 Å². The number of Topliss-reactive ketones (excluding diaryl/α,β-unsaturated/α-hetero) is 1. The van der Waals surface area contributed by atoms with Gasteiger partial charge < -0.3 is 19.6 Å². The number of hydrogen-bond donors (Lipinski definition) is 1. The Hall–Kier alpha value is -2.69. The highest BCUT2D eigenvalue weighted by molar-refractivity contribution is 6.25. The Bertz CT molecular complexity index is 673. The summed E-state index contributed by atoms with van der Waals surface area (Å²) in [4.78, 5) is 12.5. The van der Waals surface area contributed by atoms with Crippen molar-refractivity contribution in [3.05, 3.63) is 59.9 Å². The third-order valence-corrected chi connectivity index (χ3v) is 3.18. The second kappa shape index (κ2) is 4.77. The molecule has 1 unspecified atom stereocenters. The molecule has 5 heteroatoms. The summed E-state index contributed by atoms with van der Waals surface area (Å²) in [6.07, 6.45) is 2.23. The van der Waals surface area contributed by atoms with E-state index in [9.17, 15) is 4.79 Å². The molecule has 0 saturated carbocycles. The molecular formula is C15H13NO4. The number of nitrogens with two attached hydrogens (primary N) is 1. The summed E-state index contributed by atoms with van der Waals surface area (Å²) in [5, 5.41) is 0. The third-order valence-electron chi connectivity index (χ3n) is 3.18. The van der Waals surface area contributed by atoms with Crippen LogP contribution in [0.5, 0.6) is 5.75 Å². The second-order valence-corrected chi connectivity index (χ2v) is 4.39. The summed E-state index contributed by atoms with van der Waals surface area (Å²) < 4.78 is 15.6. The molecule has 20 heavy (non-hydrogen) atoms. The quantitative estimate of drug-likeness (QED) is 0.926. The van der Waals surface area contributed by atoms with Crippen molar-refractivity contribution < 1.29 is 18.7 Å². The fourth-order valence-corrected chi connectivity index (χ4v) is 2.20. The molecule has 0 spiro atoms. The van der Waals surface area contributed by atoms with E-state index in [1.807, 2.05) is 0 Å². The average Bonchev–Trinajstić information content (AvgIpc) is 3.07. The first kappa shape index (κ1) is 12.3. The molecule has 0 bridgehead atoms. The maximum absolute atomic E-state index is 12.5. The number of rotatable bonds is 3. The minimum absolute atomic E-state index is 0.120. The zero-order valence-electron chi connectivity index (χ0n) is 10.8. The summed E-state index contributed by atoms with van der Waals surface area (Å²) in [6.45, 7) is 0. The van der Waals surface area contributed by atoms with Crippen LogP contribution in [0.4, 0.5) is 0 Å². The lowest BCUT2D eigenvalue weighted by molar-refractivity contribution is -0.120. The van der Waals surface area contributed by atoms with Gasteiger partial charge in [-0.15, -0.1) is 0 Å². The van der Waals surface area contributed by atoms with E-state index in [4.69, 9.17) is 19.6 Å². The molecule has 1 atom stereocenters. The molecule has 0 saturated heterocycles. The smallest absolute Gasteiger partial charge is 0.214 e. The van der Waals surface area contributed by atoms with Crippen LogP contribution in [0.25, 0.3) is 5.57 Å². The highest BCUT2D eigenvalue weighted by Crippen LogP contribution is 2.36. The first-order valence-corrected chi connectivity index (χ1v) is 6.08. The van der Waals surface area contributed by atoms with Crippen molar-refractivity contribution in [1.29, 1.82) is 0 Å². The number of carbonyl (C=O) groups is 1. The summed E-state index contributed by atoms with van der Waals surface area (Å²) in [5.74, 6) is 0.592. The lowest BCUT2D eigenvalue weighted by atomic mass is 9.98. The average molecular weight is 271 g/mol. The normalized spacial score (nSPS) is 18.2. The molecule has 102 valence electrons. The van der Waals surface area contributed by atoms with Crippen LogP contribution < -0.4 is 10.5 Å². The standard InChI is InChI=1S/C15H13NO4/c1-18-11-4-2-3-9(7-11)12-13(17)14(20-15(12)16)10-5-6-19-8-10/h2-8,14H,16H2,1H3. The van der Waals surface area contributed by atoms with E-state index in [0.29, 0.717) is 22.4 Å². The number of ether oxygens (including phenoxy) is 2. The summed E-state index contributed by atoms with van der Waals surface area (Å²) in [7, 11) is 1.57. The molecular weight excluding hydrogens is 258 g/mol. The molecule has 1 aliphatic heterocycles. The minimum Gasteiger partial charge on any atom is -0.497 e. The SMILES string of the molecule is COc1cccc(C2=C(N)OC(c3ccoc3)C2=O)c1. The summed E-state index contributed by atoms with van der Waals surface area (Å²) >= 11 is 0. The van der Waals surface area contributed by atoms with Crippen molar-refractivity contribution in [2.45, 2.75) is 6.10 Å². The van der Waals surface area contributed by atoms with E-state index in [0.717, 1.165) is 0 Å². The number of ketones is 1. The van der Waals surface area contributed by atoms with Crippen LogP contribution in [-0.2, 0) is 9.53 Å². The number of carbonyl (C=O) groups excluding carboxylic acids is 1. The van der Waals surface area contributed by atoms with Crippen molar-refractivity contribution in [1.82, 2.24) is 0 Å². The number of furan rings is 1. The van der Waals surface area contributed by atoms with Gasteiger partial charge in [-0.3, -0.25) is 4.79 Å². The van der Waals surface area contributed by atoms with Gasteiger partial charge in [0.25, 0.3) is 0 Å². The molecule has 0 aliphatic carbocycles. The van der Waals surface area contributed by atoms with E-state index >= 15 is 0 Å². The Morgan fingerprint density at radius 3 is 2.85 bits per heavy atom. The van der Waals surface area contributed by atoms with E-state index in [-0.39, 0.29) is 11.7 Å². The summed E-state index contributed by atoms with van der Waals surface area (Å²) in [6, 6.07) is 8.83. The van der Waals surface area contributed by atoms with Gasteiger partial charge in [-0.1, -0.05) is 12.1 Å². The molecule has 2 heterocycles. The van der Waals surface area contributed by atoms with Crippen LogP contribution >= 0.6 is 0 Å². The molecule has 0 amide bonds. The van der Waals surface area contributed by atoms with Gasteiger partial charge >= 0.3 is 0 Å².